The summed E-state index contributed by atoms with van der Waals surface area (Å²) in [7, 11) is 0. The van der Waals surface area contributed by atoms with Gasteiger partial charge in [0.05, 0.1) is 13.0 Å². The standard InChI is InChI=1S/C10H16O4/c1-2-10(12)14-9-8-13-7-5-3-4-6-11/h2,6H,1,3-5,7-9H2/p+1. The molecule has 0 amide bonds. The van der Waals surface area contributed by atoms with E-state index in [0.29, 0.717) is 19.6 Å². The summed E-state index contributed by atoms with van der Waals surface area (Å²) in [5.74, 6) is -0.427. The van der Waals surface area contributed by atoms with Crippen molar-refractivity contribution in [2.45, 2.75) is 19.3 Å². The lowest BCUT2D eigenvalue weighted by Gasteiger charge is -2.03. The van der Waals surface area contributed by atoms with Gasteiger partial charge >= 0.3 is 5.97 Å². The van der Waals surface area contributed by atoms with Gasteiger partial charge in [0.2, 0.25) is 0 Å². The molecule has 0 aliphatic heterocycles. The van der Waals surface area contributed by atoms with Gasteiger partial charge in [0, 0.05) is 12.7 Å². The molecule has 0 aromatic carbocycles. The first kappa shape index (κ1) is 12.8. The molecule has 0 heterocycles. The maximum atomic E-state index is 10.6. The molecule has 0 radical (unpaired) electrons. The number of carbonyl (C=O) groups excluding carboxylic acids is 2. The molecule has 0 rings (SSSR count). The Morgan fingerprint density at radius 3 is 2.71 bits per heavy atom. The molecule has 14 heavy (non-hydrogen) atoms. The van der Waals surface area contributed by atoms with Gasteiger partial charge in [-0.05, 0) is 12.8 Å². The van der Waals surface area contributed by atoms with Crippen LogP contribution in [0.15, 0.2) is 12.7 Å². The van der Waals surface area contributed by atoms with Gasteiger partial charge in [0.25, 0.3) is 6.29 Å². The number of unbranched alkanes of at least 4 members (excludes halogenated alkanes) is 2. The zero-order chi connectivity index (χ0) is 10.6. The van der Waals surface area contributed by atoms with Crippen LogP contribution < -0.4 is 0 Å². The Labute approximate surface area is 83.9 Å². The molecule has 1 N–H and O–H groups in total. The lowest BCUT2D eigenvalue weighted by molar-refractivity contribution is -0.139. The van der Waals surface area contributed by atoms with Crippen molar-refractivity contribution in [3.8, 4) is 0 Å². The lowest BCUT2D eigenvalue weighted by atomic mass is 10.3. The van der Waals surface area contributed by atoms with Crippen molar-refractivity contribution >= 4 is 12.3 Å². The van der Waals surface area contributed by atoms with E-state index in [4.69, 9.17) is 14.3 Å². The second-order valence-electron chi connectivity index (χ2n) is 2.66. The lowest BCUT2D eigenvalue weighted by Crippen LogP contribution is -2.08. The van der Waals surface area contributed by atoms with E-state index in [1.165, 1.54) is 0 Å². The van der Waals surface area contributed by atoms with Crippen LogP contribution >= 0.6 is 0 Å². The van der Waals surface area contributed by atoms with Crippen molar-refractivity contribution in [2.75, 3.05) is 19.8 Å². The van der Waals surface area contributed by atoms with Crippen LogP contribution in [0.2, 0.25) is 0 Å². The van der Waals surface area contributed by atoms with E-state index in [-0.39, 0.29) is 6.61 Å². The highest BCUT2D eigenvalue weighted by atomic mass is 16.6. The predicted octanol–water partition coefficient (Wildman–Crippen LogP) is 1.08. The Morgan fingerprint density at radius 1 is 1.29 bits per heavy atom. The molecule has 0 saturated carbocycles. The Morgan fingerprint density at radius 2 is 2.07 bits per heavy atom. The summed E-state index contributed by atoms with van der Waals surface area (Å²) in [4.78, 5) is 18.9. The zero-order valence-corrected chi connectivity index (χ0v) is 8.28. The molecule has 0 bridgehead atoms. The highest BCUT2D eigenvalue weighted by Crippen LogP contribution is 1.92. The molecule has 0 unspecified atom stereocenters. The number of esters is 1. The maximum absolute atomic E-state index is 10.6. The first-order valence-corrected chi connectivity index (χ1v) is 4.64. The van der Waals surface area contributed by atoms with Crippen LogP contribution in [0.3, 0.4) is 0 Å². The summed E-state index contributed by atoms with van der Waals surface area (Å²) in [6.45, 7) is 4.56. The maximum Gasteiger partial charge on any atom is 0.330 e. The number of rotatable bonds is 9. The van der Waals surface area contributed by atoms with Crippen LogP contribution in [0.1, 0.15) is 19.3 Å². The van der Waals surface area contributed by atoms with E-state index in [1.807, 2.05) is 0 Å². The number of hydrogen-bond acceptors (Lipinski definition) is 3. The normalized spacial score (nSPS) is 9.43. The summed E-state index contributed by atoms with van der Waals surface area (Å²) in [5.41, 5.74) is 0. The van der Waals surface area contributed by atoms with Crippen LogP contribution in [0.4, 0.5) is 0 Å². The average molecular weight is 201 g/mol. The summed E-state index contributed by atoms with van der Waals surface area (Å²) in [6, 6.07) is 0. The third-order valence-corrected chi connectivity index (χ3v) is 1.51. The van der Waals surface area contributed by atoms with Crippen molar-refractivity contribution in [1.82, 2.24) is 0 Å². The largest absolute Gasteiger partial charge is 0.460 e. The van der Waals surface area contributed by atoms with Gasteiger partial charge in [-0.3, -0.25) is 4.79 Å². The smallest absolute Gasteiger partial charge is 0.330 e. The van der Waals surface area contributed by atoms with Gasteiger partial charge in [-0.25, -0.2) is 4.79 Å². The summed E-state index contributed by atoms with van der Waals surface area (Å²) >= 11 is 0. The fourth-order valence-electron chi connectivity index (χ4n) is 0.802. The topological polar surface area (TPSA) is 56.9 Å². The highest BCUT2D eigenvalue weighted by molar-refractivity contribution is 5.81. The van der Waals surface area contributed by atoms with Gasteiger partial charge in [-0.1, -0.05) is 6.58 Å². The quantitative estimate of drug-likeness (QED) is 0.184. The van der Waals surface area contributed by atoms with Gasteiger partial charge in [-0.15, -0.1) is 0 Å². The molecule has 0 aliphatic rings. The van der Waals surface area contributed by atoms with Gasteiger partial charge in [0.15, 0.2) is 0 Å². The molecule has 0 spiro atoms. The molecule has 0 aliphatic carbocycles. The fourth-order valence-corrected chi connectivity index (χ4v) is 0.802. The summed E-state index contributed by atoms with van der Waals surface area (Å²) in [5, 5.41) is 0. The molecule has 0 aromatic heterocycles. The van der Waals surface area contributed by atoms with Gasteiger partial charge in [0.1, 0.15) is 6.61 Å². The van der Waals surface area contributed by atoms with E-state index >= 15 is 0 Å². The van der Waals surface area contributed by atoms with Crippen LogP contribution in [-0.2, 0) is 14.3 Å². The first-order chi connectivity index (χ1) is 6.81. The van der Waals surface area contributed by atoms with Crippen LogP contribution in [-0.4, -0.2) is 36.9 Å². The zero-order valence-electron chi connectivity index (χ0n) is 8.28. The third-order valence-electron chi connectivity index (χ3n) is 1.51. The SMILES string of the molecule is C=CC(=O)OCCOCCCCC=[OH+]. The van der Waals surface area contributed by atoms with Crippen molar-refractivity contribution < 1.29 is 19.1 Å². The van der Waals surface area contributed by atoms with Crippen molar-refractivity contribution in [3.63, 3.8) is 0 Å². The molecular weight excluding hydrogens is 184 g/mol. The monoisotopic (exact) mass is 201 g/mol. The van der Waals surface area contributed by atoms with Crippen molar-refractivity contribution in [1.29, 1.82) is 0 Å². The Bertz CT molecular complexity index is 177. The van der Waals surface area contributed by atoms with Crippen LogP contribution in [0.5, 0.6) is 0 Å². The molecule has 4 heteroatoms. The average Bonchev–Trinajstić information content (AvgIpc) is 2.21. The number of carbonyl (C=O) groups is 1. The Kier molecular flexibility index (Phi) is 9.10. The van der Waals surface area contributed by atoms with E-state index in [1.54, 1.807) is 0 Å². The van der Waals surface area contributed by atoms with Gasteiger partial charge in [-0.2, -0.15) is 0 Å². The fraction of sp³-hybridized carbons (Fsp3) is 0.600. The minimum absolute atomic E-state index is 0.261. The van der Waals surface area contributed by atoms with Crippen LogP contribution in [0, 0.1) is 0 Å². The number of aldehydes is 1. The van der Waals surface area contributed by atoms with Crippen LogP contribution in [0.25, 0.3) is 0 Å². The molecule has 0 aromatic rings. The number of hydrogen-bond donors (Lipinski definition) is 0. The minimum Gasteiger partial charge on any atom is -0.460 e. The second kappa shape index (κ2) is 9.92. The molecule has 80 valence electrons. The molecular formula is C10H17O4+. The molecule has 0 saturated heterocycles. The minimum atomic E-state index is -0.427. The van der Waals surface area contributed by atoms with Gasteiger partial charge < -0.3 is 9.47 Å². The third kappa shape index (κ3) is 8.93. The summed E-state index contributed by atoms with van der Waals surface area (Å²) in [6.07, 6.45) is 4.76. The highest BCUT2D eigenvalue weighted by Gasteiger charge is 1.95. The van der Waals surface area contributed by atoms with Crippen molar-refractivity contribution in [2.24, 2.45) is 0 Å². The summed E-state index contributed by atoms with van der Waals surface area (Å²) < 4.78 is 9.86. The Balaban J connectivity index is 3.02. The first-order valence-electron chi connectivity index (χ1n) is 4.64. The second-order valence-corrected chi connectivity index (χ2v) is 2.66. The number of ether oxygens (including phenoxy) is 2. The van der Waals surface area contributed by atoms with Crippen molar-refractivity contribution in [3.05, 3.63) is 12.7 Å². The van der Waals surface area contributed by atoms with E-state index in [2.05, 4.69) is 6.58 Å². The van der Waals surface area contributed by atoms with E-state index < -0.39 is 5.97 Å². The van der Waals surface area contributed by atoms with E-state index in [0.717, 1.165) is 25.2 Å². The van der Waals surface area contributed by atoms with E-state index in [9.17, 15) is 4.79 Å². The Hall–Kier alpha value is -1.16. The molecule has 0 atom stereocenters. The molecule has 4 nitrogen and oxygen atoms in total. The molecule has 0 fully saturated rings. The predicted molar refractivity (Wildman–Crippen MR) is 53.8 cm³/mol.